The number of carbonyl (C=O) groups excluding carboxylic acids is 2. The summed E-state index contributed by atoms with van der Waals surface area (Å²) in [6, 6.07) is 2.85. The standard InChI is InChI=1S/C7H8BrN5O2/c8-3-1-4(6(14)12-9)11-5(2-3)7(15)13-10/h1-2H,9-10H2,(H,12,14)(H,13,15). The van der Waals surface area contributed by atoms with Crippen LogP contribution in [0.1, 0.15) is 21.0 Å². The maximum atomic E-state index is 11.1. The molecule has 2 amide bonds. The van der Waals surface area contributed by atoms with Crippen LogP contribution in [-0.4, -0.2) is 16.8 Å². The third-order valence-electron chi connectivity index (χ3n) is 1.52. The van der Waals surface area contributed by atoms with Crippen molar-refractivity contribution in [3.8, 4) is 0 Å². The minimum absolute atomic E-state index is 0.0190. The summed E-state index contributed by atoms with van der Waals surface area (Å²) >= 11 is 3.13. The van der Waals surface area contributed by atoms with Crippen molar-refractivity contribution < 1.29 is 9.59 Å². The summed E-state index contributed by atoms with van der Waals surface area (Å²) in [5, 5.41) is 0. The Hall–Kier alpha value is -1.51. The normalized spacial score (nSPS) is 9.53. The van der Waals surface area contributed by atoms with Crippen molar-refractivity contribution in [2.45, 2.75) is 0 Å². The molecule has 0 aliphatic carbocycles. The van der Waals surface area contributed by atoms with Crippen LogP contribution in [0.15, 0.2) is 16.6 Å². The summed E-state index contributed by atoms with van der Waals surface area (Å²) in [7, 11) is 0. The van der Waals surface area contributed by atoms with Gasteiger partial charge in [-0.1, -0.05) is 15.9 Å². The van der Waals surface area contributed by atoms with Crippen molar-refractivity contribution >= 4 is 27.7 Å². The first-order chi connectivity index (χ1) is 7.08. The summed E-state index contributed by atoms with van der Waals surface area (Å²) in [6.07, 6.45) is 0. The lowest BCUT2D eigenvalue weighted by Crippen LogP contribution is -2.33. The molecule has 1 heterocycles. The van der Waals surface area contributed by atoms with Gasteiger partial charge in [-0.2, -0.15) is 0 Å². The Morgan fingerprint density at radius 2 is 1.53 bits per heavy atom. The van der Waals surface area contributed by atoms with E-state index in [1.54, 1.807) is 0 Å². The molecule has 0 unspecified atom stereocenters. The summed E-state index contributed by atoms with van der Waals surface area (Å²) < 4.78 is 0.523. The topological polar surface area (TPSA) is 123 Å². The molecular weight excluding hydrogens is 266 g/mol. The van der Waals surface area contributed by atoms with E-state index >= 15 is 0 Å². The molecule has 8 heteroatoms. The van der Waals surface area contributed by atoms with Gasteiger partial charge in [0.15, 0.2) is 0 Å². The van der Waals surface area contributed by atoms with Crippen LogP contribution in [-0.2, 0) is 0 Å². The molecule has 7 nitrogen and oxygen atoms in total. The van der Waals surface area contributed by atoms with Gasteiger partial charge in [-0.05, 0) is 12.1 Å². The Bertz CT molecular complexity index is 374. The number of amides is 2. The molecule has 0 atom stereocenters. The largest absolute Gasteiger partial charge is 0.289 e. The smallest absolute Gasteiger partial charge is 0.283 e. The molecule has 1 aromatic rings. The first-order valence-electron chi connectivity index (χ1n) is 3.78. The van der Waals surface area contributed by atoms with Crippen molar-refractivity contribution in [1.82, 2.24) is 15.8 Å². The highest BCUT2D eigenvalue weighted by atomic mass is 79.9. The molecule has 0 aliphatic heterocycles. The highest BCUT2D eigenvalue weighted by Crippen LogP contribution is 2.12. The number of hydrogen-bond acceptors (Lipinski definition) is 5. The van der Waals surface area contributed by atoms with E-state index in [0.29, 0.717) is 4.47 Å². The average molecular weight is 274 g/mol. The molecular formula is C7H8BrN5O2. The van der Waals surface area contributed by atoms with Gasteiger partial charge >= 0.3 is 0 Å². The van der Waals surface area contributed by atoms with Gasteiger partial charge < -0.3 is 0 Å². The third kappa shape index (κ3) is 2.72. The van der Waals surface area contributed by atoms with Crippen LogP contribution in [0.5, 0.6) is 0 Å². The maximum absolute atomic E-state index is 11.1. The molecule has 1 rings (SSSR count). The summed E-state index contributed by atoms with van der Waals surface area (Å²) in [5.74, 6) is 8.68. The highest BCUT2D eigenvalue weighted by Gasteiger charge is 2.12. The molecule has 0 fully saturated rings. The van der Waals surface area contributed by atoms with Gasteiger partial charge in [0.1, 0.15) is 11.4 Å². The van der Waals surface area contributed by atoms with Gasteiger partial charge in [-0.25, -0.2) is 16.7 Å². The van der Waals surface area contributed by atoms with Gasteiger partial charge in [0, 0.05) is 4.47 Å². The van der Waals surface area contributed by atoms with E-state index in [1.807, 2.05) is 10.9 Å². The molecule has 0 saturated carbocycles. The fraction of sp³-hybridized carbons (Fsp3) is 0. The molecule has 0 bridgehead atoms. The number of nitrogens with two attached hydrogens (primary N) is 2. The zero-order chi connectivity index (χ0) is 11.4. The first-order valence-corrected chi connectivity index (χ1v) is 4.57. The number of aromatic nitrogens is 1. The quantitative estimate of drug-likeness (QED) is 0.314. The fourth-order valence-corrected chi connectivity index (χ4v) is 1.31. The van der Waals surface area contributed by atoms with Crippen LogP contribution in [0.2, 0.25) is 0 Å². The summed E-state index contributed by atoms with van der Waals surface area (Å²) in [4.78, 5) is 26.1. The van der Waals surface area contributed by atoms with Crippen molar-refractivity contribution in [2.75, 3.05) is 0 Å². The number of hydrazine groups is 2. The van der Waals surface area contributed by atoms with Crippen LogP contribution in [0.4, 0.5) is 0 Å². The van der Waals surface area contributed by atoms with E-state index in [1.165, 1.54) is 12.1 Å². The van der Waals surface area contributed by atoms with Crippen molar-refractivity contribution in [1.29, 1.82) is 0 Å². The number of halogens is 1. The molecule has 0 aliphatic rings. The number of pyridine rings is 1. The van der Waals surface area contributed by atoms with Crippen LogP contribution >= 0.6 is 15.9 Å². The molecule has 0 radical (unpaired) electrons. The van der Waals surface area contributed by atoms with Crippen LogP contribution in [0.25, 0.3) is 0 Å². The summed E-state index contributed by atoms with van der Waals surface area (Å²) in [5.41, 5.74) is 3.85. The Morgan fingerprint density at radius 3 is 1.87 bits per heavy atom. The van der Waals surface area contributed by atoms with Gasteiger partial charge in [0.2, 0.25) is 0 Å². The van der Waals surface area contributed by atoms with Crippen molar-refractivity contribution in [3.63, 3.8) is 0 Å². The monoisotopic (exact) mass is 273 g/mol. The summed E-state index contributed by atoms with van der Waals surface area (Å²) in [6.45, 7) is 0. The van der Waals surface area contributed by atoms with E-state index < -0.39 is 11.8 Å². The second-order valence-electron chi connectivity index (χ2n) is 2.50. The fourth-order valence-electron chi connectivity index (χ4n) is 0.878. The number of nitrogen functional groups attached to an aromatic ring is 2. The van der Waals surface area contributed by atoms with Gasteiger partial charge in [0.05, 0.1) is 0 Å². The zero-order valence-electron chi connectivity index (χ0n) is 7.45. The predicted octanol–water partition coefficient (Wildman–Crippen LogP) is -0.949. The zero-order valence-corrected chi connectivity index (χ0v) is 9.04. The van der Waals surface area contributed by atoms with Crippen LogP contribution < -0.4 is 22.5 Å². The Labute approximate surface area is 93.3 Å². The van der Waals surface area contributed by atoms with Crippen molar-refractivity contribution in [3.05, 3.63) is 28.0 Å². The van der Waals surface area contributed by atoms with Gasteiger partial charge in [-0.3, -0.25) is 20.4 Å². The molecule has 80 valence electrons. The van der Waals surface area contributed by atoms with Gasteiger partial charge in [-0.15, -0.1) is 0 Å². The second kappa shape index (κ2) is 4.82. The predicted molar refractivity (Wildman–Crippen MR) is 55.2 cm³/mol. The van der Waals surface area contributed by atoms with E-state index in [-0.39, 0.29) is 11.4 Å². The lowest BCUT2D eigenvalue weighted by Gasteiger charge is -2.03. The second-order valence-corrected chi connectivity index (χ2v) is 3.42. The van der Waals surface area contributed by atoms with Crippen molar-refractivity contribution in [2.24, 2.45) is 11.7 Å². The first kappa shape index (κ1) is 11.6. The SMILES string of the molecule is NNC(=O)c1cc(Br)cc(C(=O)NN)n1. The number of nitrogens with zero attached hydrogens (tertiary/aromatic N) is 1. The highest BCUT2D eigenvalue weighted by molar-refractivity contribution is 9.10. The Morgan fingerprint density at radius 1 is 1.13 bits per heavy atom. The molecule has 15 heavy (non-hydrogen) atoms. The number of rotatable bonds is 2. The Balaban J connectivity index is 3.16. The molecule has 0 spiro atoms. The lowest BCUT2D eigenvalue weighted by molar-refractivity contribution is 0.0944. The minimum atomic E-state index is -0.595. The minimum Gasteiger partial charge on any atom is -0.289 e. The molecule has 0 saturated heterocycles. The molecule has 1 aromatic heterocycles. The third-order valence-corrected chi connectivity index (χ3v) is 1.98. The molecule has 6 N–H and O–H groups in total. The van der Waals surface area contributed by atoms with E-state index in [2.05, 4.69) is 20.9 Å². The van der Waals surface area contributed by atoms with E-state index in [0.717, 1.165) is 0 Å². The van der Waals surface area contributed by atoms with Gasteiger partial charge in [0.25, 0.3) is 11.8 Å². The number of carbonyl (C=O) groups is 2. The van der Waals surface area contributed by atoms with E-state index in [9.17, 15) is 9.59 Å². The van der Waals surface area contributed by atoms with Crippen LogP contribution in [0.3, 0.4) is 0 Å². The number of nitrogens with one attached hydrogen (secondary N) is 2. The number of hydrogen-bond donors (Lipinski definition) is 4. The maximum Gasteiger partial charge on any atom is 0.283 e. The molecule has 0 aromatic carbocycles. The van der Waals surface area contributed by atoms with Crippen LogP contribution in [0, 0.1) is 0 Å². The lowest BCUT2D eigenvalue weighted by atomic mass is 10.3. The average Bonchev–Trinajstić information content (AvgIpc) is 2.26. The van der Waals surface area contributed by atoms with E-state index in [4.69, 9.17) is 11.7 Å². The Kier molecular flexibility index (Phi) is 3.72.